The molecule has 0 amide bonds. The van der Waals surface area contributed by atoms with Gasteiger partial charge in [0.25, 0.3) is 0 Å². The van der Waals surface area contributed by atoms with Crippen LogP contribution < -0.4 is 0 Å². The zero-order valence-corrected chi connectivity index (χ0v) is 11.5. The van der Waals surface area contributed by atoms with Crippen molar-refractivity contribution in [1.82, 2.24) is 0 Å². The molecule has 0 saturated heterocycles. The quantitative estimate of drug-likeness (QED) is 0.677. The summed E-state index contributed by atoms with van der Waals surface area (Å²) in [5, 5.41) is 0. The molecule has 2 rings (SSSR count). The molecule has 0 aliphatic carbocycles. The lowest BCUT2D eigenvalue weighted by Crippen LogP contribution is -1.85. The normalized spacial score (nSPS) is 10.3. The van der Waals surface area contributed by atoms with Gasteiger partial charge >= 0.3 is 0 Å². The highest BCUT2D eigenvalue weighted by atomic mass is 79.9. The van der Waals surface area contributed by atoms with Crippen LogP contribution in [0.4, 0.5) is 0 Å². The molecule has 0 radical (unpaired) electrons. The number of hydrogen-bond acceptors (Lipinski definition) is 0. The zero-order valence-electron chi connectivity index (χ0n) is 8.30. The van der Waals surface area contributed by atoms with Crippen LogP contribution in [-0.2, 0) is 0 Å². The number of rotatable bonds is 1. The zero-order chi connectivity index (χ0) is 10.8. The van der Waals surface area contributed by atoms with Crippen LogP contribution in [0.5, 0.6) is 0 Å². The highest BCUT2D eigenvalue weighted by molar-refractivity contribution is 9.11. The van der Waals surface area contributed by atoms with Gasteiger partial charge in [0.1, 0.15) is 0 Å². The molecule has 15 heavy (non-hydrogen) atoms. The Kier molecular flexibility index (Phi) is 3.27. The molecule has 2 heteroatoms. The molecule has 76 valence electrons. The fourth-order valence-electron chi connectivity index (χ4n) is 1.61. The summed E-state index contributed by atoms with van der Waals surface area (Å²) in [5.41, 5.74) is 3.76. The van der Waals surface area contributed by atoms with Crippen molar-refractivity contribution >= 4 is 31.9 Å². The topological polar surface area (TPSA) is 0 Å². The van der Waals surface area contributed by atoms with E-state index in [-0.39, 0.29) is 0 Å². The van der Waals surface area contributed by atoms with Crippen molar-refractivity contribution in [3.63, 3.8) is 0 Å². The average Bonchev–Trinajstić information content (AvgIpc) is 2.20. The van der Waals surface area contributed by atoms with E-state index < -0.39 is 0 Å². The first-order chi connectivity index (χ1) is 7.20. The maximum atomic E-state index is 3.59. The standard InChI is InChI=1S/C13H10Br2/c1-9-5-2-3-6-10(9)13-11(14)7-4-8-12(13)15/h2-8H,1H3. The minimum atomic E-state index is 1.12. The molecule has 0 saturated carbocycles. The van der Waals surface area contributed by atoms with Crippen LogP contribution in [0.15, 0.2) is 51.4 Å². The van der Waals surface area contributed by atoms with E-state index in [2.05, 4.69) is 75.2 Å². The molecule has 0 aliphatic heterocycles. The maximum absolute atomic E-state index is 3.59. The lowest BCUT2D eigenvalue weighted by atomic mass is 10.0. The largest absolute Gasteiger partial charge is 0.0620 e. The average molecular weight is 326 g/mol. The van der Waals surface area contributed by atoms with Gasteiger partial charge in [0.15, 0.2) is 0 Å². The molecular weight excluding hydrogens is 316 g/mol. The Hall–Kier alpha value is -0.600. The SMILES string of the molecule is Cc1ccccc1-c1c(Br)cccc1Br. The molecule has 0 fully saturated rings. The first-order valence-electron chi connectivity index (χ1n) is 4.70. The Bertz CT molecular complexity index is 469. The summed E-state index contributed by atoms with van der Waals surface area (Å²) in [5.74, 6) is 0. The fraction of sp³-hybridized carbons (Fsp3) is 0.0769. The van der Waals surface area contributed by atoms with Gasteiger partial charge in [0.05, 0.1) is 0 Å². The molecule has 0 heterocycles. The number of halogens is 2. The predicted octanol–water partition coefficient (Wildman–Crippen LogP) is 5.19. The van der Waals surface area contributed by atoms with Crippen LogP contribution in [-0.4, -0.2) is 0 Å². The Morgan fingerprint density at radius 1 is 0.800 bits per heavy atom. The second kappa shape index (κ2) is 4.50. The lowest BCUT2D eigenvalue weighted by Gasteiger charge is -2.10. The second-order valence-electron chi connectivity index (χ2n) is 3.41. The van der Waals surface area contributed by atoms with Crippen molar-refractivity contribution in [2.45, 2.75) is 6.92 Å². The smallest absolute Gasteiger partial charge is 0.0265 e. The van der Waals surface area contributed by atoms with E-state index in [0.29, 0.717) is 0 Å². The number of aryl methyl sites for hydroxylation is 1. The summed E-state index contributed by atoms with van der Waals surface area (Å²) in [6, 6.07) is 14.5. The van der Waals surface area contributed by atoms with Crippen molar-refractivity contribution in [1.29, 1.82) is 0 Å². The van der Waals surface area contributed by atoms with Gasteiger partial charge in [-0.25, -0.2) is 0 Å². The first-order valence-corrected chi connectivity index (χ1v) is 6.29. The van der Waals surface area contributed by atoms with Gasteiger partial charge in [-0.05, 0) is 30.2 Å². The van der Waals surface area contributed by atoms with E-state index in [1.54, 1.807) is 0 Å². The van der Waals surface area contributed by atoms with Gasteiger partial charge in [-0.2, -0.15) is 0 Å². The van der Waals surface area contributed by atoms with Crippen LogP contribution in [0.1, 0.15) is 5.56 Å². The van der Waals surface area contributed by atoms with Crippen LogP contribution in [0.2, 0.25) is 0 Å². The van der Waals surface area contributed by atoms with E-state index in [4.69, 9.17) is 0 Å². The van der Waals surface area contributed by atoms with Crippen molar-refractivity contribution in [3.8, 4) is 11.1 Å². The molecule has 0 nitrogen and oxygen atoms in total. The molecule has 0 atom stereocenters. The van der Waals surface area contributed by atoms with Gasteiger partial charge in [0, 0.05) is 14.5 Å². The second-order valence-corrected chi connectivity index (χ2v) is 5.12. The van der Waals surface area contributed by atoms with E-state index >= 15 is 0 Å². The van der Waals surface area contributed by atoms with E-state index in [1.807, 2.05) is 6.07 Å². The maximum Gasteiger partial charge on any atom is 0.0265 e. The predicted molar refractivity (Wildman–Crippen MR) is 72.0 cm³/mol. The molecule has 2 aromatic carbocycles. The van der Waals surface area contributed by atoms with Crippen LogP contribution in [0, 0.1) is 6.92 Å². The summed E-state index contributed by atoms with van der Waals surface area (Å²) in [6.45, 7) is 2.13. The molecule has 0 aromatic heterocycles. The van der Waals surface area contributed by atoms with Gasteiger partial charge in [-0.15, -0.1) is 0 Å². The number of benzene rings is 2. The van der Waals surface area contributed by atoms with Crippen LogP contribution in [0.3, 0.4) is 0 Å². The Balaban J connectivity index is 2.69. The highest BCUT2D eigenvalue weighted by Crippen LogP contribution is 2.36. The summed E-state index contributed by atoms with van der Waals surface area (Å²) in [4.78, 5) is 0. The Morgan fingerprint density at radius 2 is 1.40 bits per heavy atom. The number of hydrogen-bond donors (Lipinski definition) is 0. The third-order valence-electron chi connectivity index (χ3n) is 2.38. The first kappa shape index (κ1) is 10.9. The summed E-state index contributed by atoms with van der Waals surface area (Å²) in [7, 11) is 0. The molecular formula is C13H10Br2. The van der Waals surface area contributed by atoms with Gasteiger partial charge in [-0.3, -0.25) is 0 Å². The summed E-state index contributed by atoms with van der Waals surface area (Å²) in [6.07, 6.45) is 0. The van der Waals surface area contributed by atoms with E-state index in [0.717, 1.165) is 8.95 Å². The third kappa shape index (κ3) is 2.16. The summed E-state index contributed by atoms with van der Waals surface area (Å²) >= 11 is 7.18. The molecule has 2 aromatic rings. The van der Waals surface area contributed by atoms with Gasteiger partial charge < -0.3 is 0 Å². The highest BCUT2D eigenvalue weighted by Gasteiger charge is 2.08. The summed E-state index contributed by atoms with van der Waals surface area (Å²) < 4.78 is 2.23. The van der Waals surface area contributed by atoms with Crippen molar-refractivity contribution < 1.29 is 0 Å². The fourth-order valence-corrected chi connectivity index (χ4v) is 3.03. The van der Waals surface area contributed by atoms with Crippen LogP contribution >= 0.6 is 31.9 Å². The Morgan fingerprint density at radius 3 is 2.00 bits per heavy atom. The van der Waals surface area contributed by atoms with Crippen molar-refractivity contribution in [3.05, 3.63) is 57.0 Å². The third-order valence-corrected chi connectivity index (χ3v) is 3.70. The minimum absolute atomic E-state index is 1.12. The van der Waals surface area contributed by atoms with Gasteiger partial charge in [0.2, 0.25) is 0 Å². The van der Waals surface area contributed by atoms with E-state index in [1.165, 1.54) is 16.7 Å². The van der Waals surface area contributed by atoms with E-state index in [9.17, 15) is 0 Å². The van der Waals surface area contributed by atoms with Crippen molar-refractivity contribution in [2.75, 3.05) is 0 Å². The van der Waals surface area contributed by atoms with Crippen molar-refractivity contribution in [2.24, 2.45) is 0 Å². The molecule has 0 aliphatic rings. The Labute approximate surface area is 107 Å². The molecule has 0 bridgehead atoms. The molecule has 0 N–H and O–H groups in total. The van der Waals surface area contributed by atoms with Gasteiger partial charge in [-0.1, -0.05) is 62.2 Å². The minimum Gasteiger partial charge on any atom is -0.0620 e. The lowest BCUT2D eigenvalue weighted by molar-refractivity contribution is 1.44. The molecule has 0 unspecified atom stereocenters. The monoisotopic (exact) mass is 324 g/mol. The van der Waals surface area contributed by atoms with Crippen LogP contribution in [0.25, 0.3) is 11.1 Å². The molecule has 0 spiro atoms.